The van der Waals surface area contributed by atoms with Crippen molar-refractivity contribution in [2.24, 2.45) is 0 Å². The van der Waals surface area contributed by atoms with Crippen LogP contribution in [0.25, 0.3) is 0 Å². The summed E-state index contributed by atoms with van der Waals surface area (Å²) in [4.78, 5) is 12.9. The molecule has 0 spiro atoms. The van der Waals surface area contributed by atoms with E-state index in [4.69, 9.17) is 0 Å². The van der Waals surface area contributed by atoms with Gasteiger partial charge in [-0.2, -0.15) is 0 Å². The molecule has 0 saturated heterocycles. The first-order valence-electron chi connectivity index (χ1n) is 10.1. The minimum Gasteiger partial charge on any atom is -0.322 e. The number of anilines is 2. The van der Waals surface area contributed by atoms with Crippen molar-refractivity contribution in [2.45, 2.75) is 58.9 Å². The summed E-state index contributed by atoms with van der Waals surface area (Å²) in [6.07, 6.45) is 1.82. The normalized spacial score (nSPS) is 16.4. The molecule has 0 fully saturated rings. The van der Waals surface area contributed by atoms with E-state index in [1.807, 2.05) is 19.1 Å². The predicted molar refractivity (Wildman–Crippen MR) is 120 cm³/mol. The maximum atomic E-state index is 12.9. The second-order valence-corrected chi connectivity index (χ2v) is 10.4. The molecule has 1 atom stereocenters. The van der Waals surface area contributed by atoms with Crippen LogP contribution in [0.3, 0.4) is 0 Å². The molecule has 156 valence electrons. The molecule has 29 heavy (non-hydrogen) atoms. The van der Waals surface area contributed by atoms with Crippen LogP contribution in [0.15, 0.2) is 36.4 Å². The van der Waals surface area contributed by atoms with E-state index >= 15 is 0 Å². The number of fused-ring (bicyclic) bond motifs is 1. The summed E-state index contributed by atoms with van der Waals surface area (Å²) in [5.74, 6) is 0.527. The summed E-state index contributed by atoms with van der Waals surface area (Å²) in [7, 11) is -3.34. The quantitative estimate of drug-likeness (QED) is 0.757. The topological polar surface area (TPSA) is 66.5 Å². The Kier molecular flexibility index (Phi) is 5.77. The Hall–Kier alpha value is -2.34. The van der Waals surface area contributed by atoms with Gasteiger partial charge < -0.3 is 5.32 Å². The SMILES string of the molecule is CC(C)c1ccc(NC(=O)c2ccc3c(c2)CC(C)N3S(C)(=O)=O)c(C(C)C)c1. The minimum absolute atomic E-state index is 0.144. The molecule has 3 rings (SSSR count). The van der Waals surface area contributed by atoms with Gasteiger partial charge >= 0.3 is 0 Å². The van der Waals surface area contributed by atoms with Gasteiger partial charge in [0.25, 0.3) is 5.91 Å². The van der Waals surface area contributed by atoms with E-state index in [-0.39, 0.29) is 17.9 Å². The van der Waals surface area contributed by atoms with E-state index in [1.54, 1.807) is 12.1 Å². The molecule has 0 aromatic heterocycles. The fourth-order valence-electron chi connectivity index (χ4n) is 3.98. The smallest absolute Gasteiger partial charge is 0.255 e. The Labute approximate surface area is 174 Å². The van der Waals surface area contributed by atoms with Crippen LogP contribution in [0.1, 0.15) is 73.5 Å². The van der Waals surface area contributed by atoms with Crippen molar-refractivity contribution in [1.29, 1.82) is 0 Å². The van der Waals surface area contributed by atoms with Crippen LogP contribution in [0.4, 0.5) is 11.4 Å². The van der Waals surface area contributed by atoms with Crippen LogP contribution in [-0.2, 0) is 16.4 Å². The number of nitrogens with zero attached hydrogens (tertiary/aromatic N) is 1. The fourth-order valence-corrected chi connectivity index (χ4v) is 5.24. The lowest BCUT2D eigenvalue weighted by molar-refractivity contribution is 0.102. The van der Waals surface area contributed by atoms with E-state index in [1.165, 1.54) is 16.1 Å². The number of rotatable bonds is 5. The van der Waals surface area contributed by atoms with Crippen LogP contribution in [-0.4, -0.2) is 26.6 Å². The van der Waals surface area contributed by atoms with Crippen LogP contribution in [0.2, 0.25) is 0 Å². The van der Waals surface area contributed by atoms with Crippen LogP contribution < -0.4 is 9.62 Å². The Balaban J connectivity index is 1.89. The lowest BCUT2D eigenvalue weighted by atomic mass is 9.94. The van der Waals surface area contributed by atoms with Gasteiger partial charge in [0.15, 0.2) is 0 Å². The first kappa shape index (κ1) is 21.4. The molecule has 0 bridgehead atoms. The lowest BCUT2D eigenvalue weighted by Gasteiger charge is -2.22. The molecule has 0 radical (unpaired) electrons. The van der Waals surface area contributed by atoms with Gasteiger partial charge in [0.1, 0.15) is 0 Å². The molecule has 2 aromatic carbocycles. The number of carbonyl (C=O) groups is 1. The van der Waals surface area contributed by atoms with Crippen molar-refractivity contribution >= 4 is 27.3 Å². The second kappa shape index (κ2) is 7.82. The Morgan fingerprint density at radius 1 is 1.07 bits per heavy atom. The highest BCUT2D eigenvalue weighted by Gasteiger charge is 2.32. The third kappa shape index (κ3) is 4.32. The number of amides is 1. The Bertz CT molecular complexity index is 1040. The number of hydrogen-bond donors (Lipinski definition) is 1. The lowest BCUT2D eigenvalue weighted by Crippen LogP contribution is -2.34. The average Bonchev–Trinajstić information content (AvgIpc) is 2.96. The summed E-state index contributed by atoms with van der Waals surface area (Å²) >= 11 is 0. The molecule has 0 saturated carbocycles. The van der Waals surface area contributed by atoms with Gasteiger partial charge in [0.2, 0.25) is 10.0 Å². The summed E-state index contributed by atoms with van der Waals surface area (Å²) < 4.78 is 25.6. The van der Waals surface area contributed by atoms with Gasteiger partial charge in [-0.15, -0.1) is 0 Å². The summed E-state index contributed by atoms with van der Waals surface area (Å²) in [6.45, 7) is 10.4. The third-order valence-electron chi connectivity index (χ3n) is 5.46. The van der Waals surface area contributed by atoms with Crippen molar-refractivity contribution in [2.75, 3.05) is 15.9 Å². The molecule has 6 heteroatoms. The predicted octanol–water partition coefficient (Wildman–Crippen LogP) is 4.90. The number of benzene rings is 2. The van der Waals surface area contributed by atoms with Gasteiger partial charge in [0.05, 0.1) is 11.9 Å². The monoisotopic (exact) mass is 414 g/mol. The largest absolute Gasteiger partial charge is 0.322 e. The van der Waals surface area contributed by atoms with E-state index < -0.39 is 10.0 Å². The van der Waals surface area contributed by atoms with Crippen LogP contribution in [0.5, 0.6) is 0 Å². The number of carbonyl (C=O) groups excluding carboxylic acids is 1. The highest BCUT2D eigenvalue weighted by Crippen LogP contribution is 2.35. The maximum absolute atomic E-state index is 12.9. The summed E-state index contributed by atoms with van der Waals surface area (Å²) in [5.41, 5.74) is 5.27. The molecule has 1 N–H and O–H groups in total. The number of sulfonamides is 1. The van der Waals surface area contributed by atoms with Crippen molar-refractivity contribution in [3.8, 4) is 0 Å². The Morgan fingerprint density at radius 3 is 2.34 bits per heavy atom. The zero-order valence-corrected chi connectivity index (χ0v) is 18.8. The van der Waals surface area contributed by atoms with Gasteiger partial charge in [-0.05, 0) is 66.1 Å². The zero-order valence-electron chi connectivity index (χ0n) is 18.0. The van der Waals surface area contributed by atoms with E-state index in [0.717, 1.165) is 16.8 Å². The molecule has 2 aromatic rings. The molecule has 1 unspecified atom stereocenters. The molecule has 1 aliphatic rings. The summed E-state index contributed by atoms with van der Waals surface area (Å²) in [5, 5.41) is 3.05. The molecule has 5 nitrogen and oxygen atoms in total. The van der Waals surface area contributed by atoms with Gasteiger partial charge in [-0.3, -0.25) is 9.10 Å². The van der Waals surface area contributed by atoms with E-state index in [2.05, 4.69) is 45.1 Å². The second-order valence-electron chi connectivity index (χ2n) is 8.57. The van der Waals surface area contributed by atoms with Crippen LogP contribution in [0, 0.1) is 0 Å². The number of nitrogens with one attached hydrogen (secondary N) is 1. The zero-order chi connectivity index (χ0) is 21.5. The van der Waals surface area contributed by atoms with Crippen LogP contribution >= 0.6 is 0 Å². The highest BCUT2D eigenvalue weighted by molar-refractivity contribution is 7.92. The van der Waals surface area contributed by atoms with Crippen molar-refractivity contribution < 1.29 is 13.2 Å². The third-order valence-corrected chi connectivity index (χ3v) is 6.74. The standard InChI is InChI=1S/C23H30N2O3S/c1-14(2)17-7-9-21(20(13-17)15(3)4)24-23(26)18-8-10-22-19(12-18)11-16(5)25(22)29(6,27)28/h7-10,12-16H,11H2,1-6H3,(H,24,26). The number of hydrogen-bond acceptors (Lipinski definition) is 3. The van der Waals surface area contributed by atoms with Gasteiger partial charge in [0, 0.05) is 17.3 Å². The molecule has 0 aliphatic carbocycles. The first-order chi connectivity index (χ1) is 13.5. The fraction of sp³-hybridized carbons (Fsp3) is 0.435. The molecule has 1 aliphatic heterocycles. The Morgan fingerprint density at radius 2 is 1.76 bits per heavy atom. The van der Waals surface area contributed by atoms with E-state index in [0.29, 0.717) is 23.6 Å². The van der Waals surface area contributed by atoms with E-state index in [9.17, 15) is 13.2 Å². The molecular weight excluding hydrogens is 384 g/mol. The molecule has 1 amide bonds. The van der Waals surface area contributed by atoms with Crippen molar-refractivity contribution in [3.05, 3.63) is 58.7 Å². The first-order valence-corrected chi connectivity index (χ1v) is 11.9. The van der Waals surface area contributed by atoms with Crippen molar-refractivity contribution in [3.63, 3.8) is 0 Å². The summed E-state index contributed by atoms with van der Waals surface area (Å²) in [6, 6.07) is 11.3. The highest BCUT2D eigenvalue weighted by atomic mass is 32.2. The van der Waals surface area contributed by atoms with Crippen molar-refractivity contribution in [1.82, 2.24) is 0 Å². The van der Waals surface area contributed by atoms with Gasteiger partial charge in [-0.25, -0.2) is 8.42 Å². The maximum Gasteiger partial charge on any atom is 0.255 e. The molecular formula is C23H30N2O3S. The minimum atomic E-state index is -3.34. The average molecular weight is 415 g/mol. The molecule has 1 heterocycles. The van der Waals surface area contributed by atoms with Gasteiger partial charge in [-0.1, -0.05) is 39.8 Å².